The number of rotatable bonds is 3. The van der Waals surface area contributed by atoms with Gasteiger partial charge in [-0.15, -0.1) is 0 Å². The number of hydrogen-bond donors (Lipinski definition) is 1. The van der Waals surface area contributed by atoms with E-state index in [1.807, 2.05) is 13.0 Å². The molecule has 5 heteroatoms. The molecule has 4 nitrogen and oxygen atoms in total. The van der Waals surface area contributed by atoms with Gasteiger partial charge in [0.1, 0.15) is 11.3 Å². The molecule has 1 aliphatic carbocycles. The van der Waals surface area contributed by atoms with Gasteiger partial charge in [-0.3, -0.25) is 0 Å². The van der Waals surface area contributed by atoms with E-state index in [1.165, 1.54) is 0 Å². The molecule has 0 amide bonds. The van der Waals surface area contributed by atoms with Gasteiger partial charge in [0, 0.05) is 5.69 Å². The van der Waals surface area contributed by atoms with Crippen molar-refractivity contribution in [2.24, 2.45) is 0 Å². The van der Waals surface area contributed by atoms with Crippen molar-refractivity contribution in [3.63, 3.8) is 0 Å². The highest BCUT2D eigenvalue weighted by Crippen LogP contribution is 2.33. The number of fused-ring (bicyclic) bond motifs is 1. The largest absolute Gasteiger partial charge is 0.477 e. The van der Waals surface area contributed by atoms with Crippen LogP contribution in [0.25, 0.3) is 0 Å². The van der Waals surface area contributed by atoms with Crippen LogP contribution >= 0.6 is 11.6 Å². The van der Waals surface area contributed by atoms with Crippen LogP contribution in [0.1, 0.15) is 33.6 Å². The number of aromatic nitrogens is 1. The maximum absolute atomic E-state index is 11.4. The number of ether oxygens (including phenoxy) is 1. The summed E-state index contributed by atoms with van der Waals surface area (Å²) >= 11 is 6.13. The van der Waals surface area contributed by atoms with E-state index in [-0.39, 0.29) is 11.4 Å². The van der Waals surface area contributed by atoms with Crippen molar-refractivity contribution in [1.29, 1.82) is 0 Å². The summed E-state index contributed by atoms with van der Waals surface area (Å²) in [5.74, 6) is -0.528. The van der Waals surface area contributed by atoms with E-state index in [2.05, 4.69) is 4.98 Å². The summed E-state index contributed by atoms with van der Waals surface area (Å²) in [5.41, 5.74) is 2.99. The van der Waals surface area contributed by atoms with Gasteiger partial charge in [0.25, 0.3) is 0 Å². The van der Waals surface area contributed by atoms with Crippen LogP contribution in [0.2, 0.25) is 5.02 Å². The van der Waals surface area contributed by atoms with Gasteiger partial charge >= 0.3 is 5.97 Å². The lowest BCUT2D eigenvalue weighted by molar-refractivity contribution is 0.0693. The average molecular weight is 304 g/mol. The quantitative estimate of drug-likeness (QED) is 0.930. The molecule has 0 unspecified atom stereocenters. The summed E-state index contributed by atoms with van der Waals surface area (Å²) < 4.78 is 5.66. The molecule has 1 heterocycles. The van der Waals surface area contributed by atoms with Crippen molar-refractivity contribution in [2.45, 2.75) is 26.2 Å². The molecule has 0 fully saturated rings. The molecule has 108 valence electrons. The number of pyridine rings is 1. The van der Waals surface area contributed by atoms with Crippen LogP contribution in [0.4, 0.5) is 0 Å². The van der Waals surface area contributed by atoms with Crippen molar-refractivity contribution in [3.8, 4) is 11.6 Å². The fourth-order valence-corrected chi connectivity index (χ4v) is 2.75. The highest BCUT2D eigenvalue weighted by molar-refractivity contribution is 6.32. The Morgan fingerprint density at radius 2 is 2.14 bits per heavy atom. The second-order valence-corrected chi connectivity index (χ2v) is 5.55. The van der Waals surface area contributed by atoms with Crippen molar-refractivity contribution in [3.05, 3.63) is 51.7 Å². The number of benzene rings is 1. The zero-order valence-electron chi connectivity index (χ0n) is 11.5. The van der Waals surface area contributed by atoms with Gasteiger partial charge in [0.05, 0.1) is 5.02 Å². The Labute approximate surface area is 127 Å². The van der Waals surface area contributed by atoms with Crippen molar-refractivity contribution in [2.75, 3.05) is 0 Å². The SMILES string of the molecule is Cc1ccc(Oc2nc3c(cc2C(=O)O)CCC3)c(Cl)c1. The normalized spacial score (nSPS) is 13.0. The third kappa shape index (κ3) is 2.72. The number of hydrogen-bond acceptors (Lipinski definition) is 3. The fraction of sp³-hybridized carbons (Fsp3) is 0.250. The molecule has 2 aromatic rings. The smallest absolute Gasteiger partial charge is 0.341 e. The molecule has 0 bridgehead atoms. The van der Waals surface area contributed by atoms with Gasteiger partial charge in [0.15, 0.2) is 0 Å². The minimum Gasteiger partial charge on any atom is -0.477 e. The first-order chi connectivity index (χ1) is 10.0. The van der Waals surface area contributed by atoms with Gasteiger partial charge in [-0.1, -0.05) is 17.7 Å². The minimum absolute atomic E-state index is 0.0762. The molecule has 0 aliphatic heterocycles. The zero-order valence-corrected chi connectivity index (χ0v) is 12.3. The average Bonchev–Trinajstić information content (AvgIpc) is 2.88. The predicted molar refractivity (Wildman–Crippen MR) is 79.5 cm³/mol. The van der Waals surface area contributed by atoms with Crippen molar-refractivity contribution < 1.29 is 14.6 Å². The molecule has 21 heavy (non-hydrogen) atoms. The Bertz CT molecular complexity index is 728. The number of nitrogens with zero attached hydrogens (tertiary/aromatic N) is 1. The van der Waals surface area contributed by atoms with Crippen LogP contribution in [0.3, 0.4) is 0 Å². The molecular weight excluding hydrogens is 290 g/mol. The van der Waals surface area contributed by atoms with Crippen molar-refractivity contribution >= 4 is 17.6 Å². The Morgan fingerprint density at radius 1 is 1.33 bits per heavy atom. The monoisotopic (exact) mass is 303 g/mol. The number of aromatic carboxylic acids is 1. The highest BCUT2D eigenvalue weighted by Gasteiger charge is 2.21. The summed E-state index contributed by atoms with van der Waals surface area (Å²) in [6.07, 6.45) is 2.72. The van der Waals surface area contributed by atoms with Crippen LogP contribution < -0.4 is 4.74 Å². The molecule has 1 aromatic heterocycles. The van der Waals surface area contributed by atoms with E-state index in [1.54, 1.807) is 18.2 Å². The number of halogens is 1. The summed E-state index contributed by atoms with van der Waals surface area (Å²) in [6.45, 7) is 1.92. The van der Waals surface area contributed by atoms with Gasteiger partial charge in [-0.05, 0) is 55.5 Å². The van der Waals surface area contributed by atoms with Crippen molar-refractivity contribution in [1.82, 2.24) is 4.98 Å². The van der Waals surface area contributed by atoms with E-state index < -0.39 is 5.97 Å². The molecule has 1 N–H and O–H groups in total. The van der Waals surface area contributed by atoms with Crippen LogP contribution in [0.15, 0.2) is 24.3 Å². The number of carboxylic acids is 1. The zero-order chi connectivity index (χ0) is 15.0. The Kier molecular flexibility index (Phi) is 3.55. The van der Waals surface area contributed by atoms with E-state index in [0.29, 0.717) is 10.8 Å². The lowest BCUT2D eigenvalue weighted by Gasteiger charge is -2.11. The summed E-state index contributed by atoms with van der Waals surface area (Å²) in [4.78, 5) is 15.8. The first-order valence-electron chi connectivity index (χ1n) is 6.74. The summed E-state index contributed by atoms with van der Waals surface area (Å²) in [6, 6.07) is 7.01. The molecule has 0 atom stereocenters. The Hall–Kier alpha value is -2.07. The predicted octanol–water partition coefficient (Wildman–Crippen LogP) is 4.02. The van der Waals surface area contributed by atoms with Crippen LogP contribution in [0.5, 0.6) is 11.6 Å². The maximum atomic E-state index is 11.4. The van der Waals surface area contributed by atoms with Crippen LogP contribution in [-0.2, 0) is 12.8 Å². The van der Waals surface area contributed by atoms with Crippen LogP contribution in [-0.4, -0.2) is 16.1 Å². The van der Waals surface area contributed by atoms with Crippen LogP contribution in [0, 0.1) is 6.92 Å². The van der Waals surface area contributed by atoms with Gasteiger partial charge in [-0.25, -0.2) is 9.78 Å². The molecule has 0 spiro atoms. The second-order valence-electron chi connectivity index (χ2n) is 5.14. The maximum Gasteiger partial charge on any atom is 0.341 e. The molecule has 1 aromatic carbocycles. The molecule has 0 saturated carbocycles. The second kappa shape index (κ2) is 5.37. The van der Waals surface area contributed by atoms with Gasteiger partial charge in [-0.2, -0.15) is 0 Å². The molecule has 0 saturated heterocycles. The highest BCUT2D eigenvalue weighted by atomic mass is 35.5. The molecular formula is C16H14ClNO3. The number of aryl methyl sites for hydroxylation is 3. The van der Waals surface area contributed by atoms with E-state index in [0.717, 1.165) is 36.1 Å². The lowest BCUT2D eigenvalue weighted by Crippen LogP contribution is -2.05. The first kappa shape index (κ1) is 13.9. The molecule has 1 aliphatic rings. The molecule has 3 rings (SSSR count). The lowest BCUT2D eigenvalue weighted by atomic mass is 10.1. The van der Waals surface area contributed by atoms with E-state index >= 15 is 0 Å². The van der Waals surface area contributed by atoms with Gasteiger partial charge in [0.2, 0.25) is 5.88 Å². The summed E-state index contributed by atoms with van der Waals surface area (Å²) in [5, 5.41) is 9.77. The number of carboxylic acid groups (broad SMARTS) is 1. The molecule has 0 radical (unpaired) electrons. The first-order valence-corrected chi connectivity index (χ1v) is 7.12. The number of carbonyl (C=O) groups is 1. The third-order valence-corrected chi connectivity index (χ3v) is 3.84. The third-order valence-electron chi connectivity index (χ3n) is 3.54. The topological polar surface area (TPSA) is 59.4 Å². The minimum atomic E-state index is -1.05. The van der Waals surface area contributed by atoms with Gasteiger partial charge < -0.3 is 9.84 Å². The van der Waals surface area contributed by atoms with E-state index in [4.69, 9.17) is 16.3 Å². The Morgan fingerprint density at radius 3 is 2.86 bits per heavy atom. The fourth-order valence-electron chi connectivity index (χ4n) is 2.48. The summed E-state index contributed by atoms with van der Waals surface area (Å²) in [7, 11) is 0. The Balaban J connectivity index is 2.03. The van der Waals surface area contributed by atoms with E-state index in [9.17, 15) is 9.90 Å². The standard InChI is InChI=1S/C16H14ClNO3/c1-9-5-6-14(12(17)7-9)21-15-11(16(19)20)8-10-3-2-4-13(10)18-15/h5-8H,2-4H2,1H3,(H,19,20).